The summed E-state index contributed by atoms with van der Waals surface area (Å²) >= 11 is 3.31. The van der Waals surface area contributed by atoms with Crippen molar-refractivity contribution < 1.29 is 22.8 Å². The average Bonchev–Trinajstić information content (AvgIpc) is 2.95. The van der Waals surface area contributed by atoms with Crippen LogP contribution in [0, 0.1) is 0 Å². The Labute approximate surface area is 149 Å². The highest BCUT2D eigenvalue weighted by atomic mass is 79.9. The van der Waals surface area contributed by atoms with Gasteiger partial charge >= 0.3 is 5.97 Å². The Morgan fingerprint density at radius 1 is 1.50 bits per heavy atom. The number of halogens is 1. The van der Waals surface area contributed by atoms with Crippen molar-refractivity contribution in [2.24, 2.45) is 5.16 Å². The molecule has 2 heterocycles. The van der Waals surface area contributed by atoms with E-state index in [0.29, 0.717) is 17.8 Å². The summed E-state index contributed by atoms with van der Waals surface area (Å²) in [5, 5.41) is 3.98. The van der Waals surface area contributed by atoms with Gasteiger partial charge in [-0.1, -0.05) is 5.16 Å². The number of carbonyl (C=O) groups is 1. The van der Waals surface area contributed by atoms with Crippen molar-refractivity contribution in [3.8, 4) is 0 Å². The first-order valence-corrected chi connectivity index (χ1v) is 10.1. The maximum Gasteiger partial charge on any atom is 0.327 e. The fourth-order valence-corrected chi connectivity index (χ4v) is 3.42. The Hall–Kier alpha value is -1.48. The average molecular weight is 419 g/mol. The summed E-state index contributed by atoms with van der Waals surface area (Å²) in [4.78, 5) is 21.7. The number of sulfone groups is 1. The second-order valence-corrected chi connectivity index (χ2v) is 9.12. The molecule has 0 radical (unpaired) electrons. The van der Waals surface area contributed by atoms with E-state index in [1.54, 1.807) is 19.2 Å². The van der Waals surface area contributed by atoms with E-state index in [9.17, 15) is 13.2 Å². The number of ether oxygens (including phenoxy) is 1. The van der Waals surface area contributed by atoms with Gasteiger partial charge in [0.25, 0.3) is 0 Å². The lowest BCUT2D eigenvalue weighted by Crippen LogP contribution is -2.47. The Balaban J connectivity index is 2.13. The Morgan fingerprint density at radius 3 is 2.75 bits per heavy atom. The van der Waals surface area contributed by atoms with Crippen LogP contribution in [0.2, 0.25) is 0 Å². The number of hydrogen-bond acceptors (Lipinski definition) is 7. The first kappa shape index (κ1) is 18.9. The van der Waals surface area contributed by atoms with E-state index >= 15 is 0 Å². The molecule has 1 aromatic heterocycles. The summed E-state index contributed by atoms with van der Waals surface area (Å²) in [5.74, 6) is -0.772. The molecule has 24 heavy (non-hydrogen) atoms. The van der Waals surface area contributed by atoms with Crippen molar-refractivity contribution in [2.75, 3.05) is 12.9 Å². The van der Waals surface area contributed by atoms with Crippen LogP contribution in [0.25, 0.3) is 0 Å². The number of oxime groups is 1. The molecule has 2 unspecified atom stereocenters. The number of hydrogen-bond donors (Lipinski definition) is 0. The van der Waals surface area contributed by atoms with Crippen molar-refractivity contribution in [2.45, 2.75) is 37.5 Å². The minimum Gasteiger partial charge on any atom is -0.465 e. The predicted octanol–water partition coefficient (Wildman–Crippen LogP) is 2.09. The summed E-state index contributed by atoms with van der Waals surface area (Å²) in [6, 6.07) is 3.62. The van der Waals surface area contributed by atoms with E-state index in [-0.39, 0.29) is 13.0 Å². The smallest absolute Gasteiger partial charge is 0.327 e. The molecule has 2 atom stereocenters. The third-order valence-corrected chi connectivity index (χ3v) is 6.34. The van der Waals surface area contributed by atoms with Gasteiger partial charge in [-0.05, 0) is 41.9 Å². The minimum atomic E-state index is -3.69. The lowest BCUT2D eigenvalue weighted by atomic mass is 9.98. The van der Waals surface area contributed by atoms with Crippen LogP contribution in [-0.2, 0) is 24.2 Å². The van der Waals surface area contributed by atoms with Crippen LogP contribution in [0.4, 0.5) is 0 Å². The first-order valence-electron chi connectivity index (χ1n) is 7.39. The number of aromatic nitrogens is 1. The molecule has 0 N–H and O–H groups in total. The maximum absolute atomic E-state index is 12.2. The van der Waals surface area contributed by atoms with Gasteiger partial charge in [-0.15, -0.1) is 0 Å². The summed E-state index contributed by atoms with van der Waals surface area (Å²) < 4.78 is 28.4. The Morgan fingerprint density at radius 2 is 2.21 bits per heavy atom. The molecular formula is C15H19BrN2O5S. The zero-order valence-electron chi connectivity index (χ0n) is 13.7. The molecule has 1 aliphatic rings. The molecular weight excluding hydrogens is 400 g/mol. The zero-order chi connectivity index (χ0) is 18.0. The van der Waals surface area contributed by atoms with E-state index < -0.39 is 26.7 Å². The highest BCUT2D eigenvalue weighted by Gasteiger charge is 2.48. The predicted molar refractivity (Wildman–Crippen MR) is 92.5 cm³/mol. The van der Waals surface area contributed by atoms with Gasteiger partial charge in [0.1, 0.15) is 11.8 Å². The molecule has 0 aromatic carbocycles. The van der Waals surface area contributed by atoms with Crippen LogP contribution in [0.1, 0.15) is 32.4 Å². The van der Waals surface area contributed by atoms with Gasteiger partial charge < -0.3 is 9.57 Å². The molecule has 0 saturated heterocycles. The van der Waals surface area contributed by atoms with E-state index in [1.165, 1.54) is 6.92 Å². The zero-order valence-corrected chi connectivity index (χ0v) is 16.1. The van der Waals surface area contributed by atoms with Crippen LogP contribution in [0.15, 0.2) is 28.0 Å². The topological polar surface area (TPSA) is 94.9 Å². The van der Waals surface area contributed by atoms with Crippen molar-refractivity contribution in [1.82, 2.24) is 4.98 Å². The summed E-state index contributed by atoms with van der Waals surface area (Å²) in [6.07, 6.45) is 2.48. The van der Waals surface area contributed by atoms with Crippen LogP contribution >= 0.6 is 15.9 Å². The van der Waals surface area contributed by atoms with Crippen molar-refractivity contribution >= 4 is 37.4 Å². The second-order valence-electron chi connectivity index (χ2n) is 5.76. The number of esters is 1. The highest BCUT2D eigenvalue weighted by molar-refractivity contribution is 9.10. The molecule has 0 fully saturated rings. The molecule has 7 nitrogen and oxygen atoms in total. The van der Waals surface area contributed by atoms with Gasteiger partial charge in [0.05, 0.1) is 12.3 Å². The van der Waals surface area contributed by atoms with Crippen LogP contribution in [0.5, 0.6) is 0 Å². The van der Waals surface area contributed by atoms with Gasteiger partial charge in [0.15, 0.2) is 14.6 Å². The lowest BCUT2D eigenvalue weighted by Gasteiger charge is -2.26. The van der Waals surface area contributed by atoms with Gasteiger partial charge in [0, 0.05) is 29.8 Å². The molecule has 0 bridgehead atoms. The highest BCUT2D eigenvalue weighted by Crippen LogP contribution is 2.30. The largest absolute Gasteiger partial charge is 0.465 e. The van der Waals surface area contributed by atoms with Gasteiger partial charge in [0.2, 0.25) is 0 Å². The van der Waals surface area contributed by atoms with Crippen molar-refractivity contribution in [1.29, 1.82) is 0 Å². The molecule has 0 aliphatic carbocycles. The van der Waals surface area contributed by atoms with Gasteiger partial charge in [-0.25, -0.2) is 8.42 Å². The summed E-state index contributed by atoms with van der Waals surface area (Å²) in [7, 11) is -3.69. The van der Waals surface area contributed by atoms with Gasteiger partial charge in [-0.3, -0.25) is 9.78 Å². The standard InChI is InChI=1S/C15H19BrN2O5S/c1-4-22-14(19)15(2,24(3,20)21)8-11-7-13(18-23-11)12-6-5-10(16)9-17-12/h5-6,9,11H,4,7-8H2,1-3H3. The normalized spacial score (nSPS) is 20.0. The molecule has 0 spiro atoms. The molecule has 9 heteroatoms. The first-order chi connectivity index (χ1) is 11.2. The number of carbonyl (C=O) groups excluding carboxylic acids is 1. The van der Waals surface area contributed by atoms with E-state index in [0.717, 1.165) is 10.7 Å². The molecule has 1 aliphatic heterocycles. The molecule has 132 valence electrons. The fraction of sp³-hybridized carbons (Fsp3) is 0.533. The van der Waals surface area contributed by atoms with Crippen LogP contribution in [-0.4, -0.2) is 48.8 Å². The minimum absolute atomic E-state index is 0.0335. The van der Waals surface area contributed by atoms with Crippen LogP contribution in [0.3, 0.4) is 0 Å². The number of pyridine rings is 1. The van der Waals surface area contributed by atoms with E-state index in [1.807, 2.05) is 6.07 Å². The summed E-state index contributed by atoms with van der Waals surface area (Å²) in [5.41, 5.74) is 1.27. The quantitative estimate of drug-likeness (QED) is 0.656. The van der Waals surface area contributed by atoms with E-state index in [2.05, 4.69) is 26.1 Å². The third kappa shape index (κ3) is 3.94. The van der Waals surface area contributed by atoms with E-state index in [4.69, 9.17) is 9.57 Å². The fourth-order valence-electron chi connectivity index (χ4n) is 2.34. The van der Waals surface area contributed by atoms with Crippen LogP contribution < -0.4 is 0 Å². The number of rotatable bonds is 6. The summed E-state index contributed by atoms with van der Waals surface area (Å²) in [6.45, 7) is 3.10. The Kier molecular flexibility index (Phi) is 5.64. The lowest BCUT2D eigenvalue weighted by molar-refractivity contribution is -0.146. The van der Waals surface area contributed by atoms with Crippen molar-refractivity contribution in [3.63, 3.8) is 0 Å². The monoisotopic (exact) mass is 418 g/mol. The molecule has 0 saturated carbocycles. The van der Waals surface area contributed by atoms with Crippen molar-refractivity contribution in [3.05, 3.63) is 28.5 Å². The van der Waals surface area contributed by atoms with Gasteiger partial charge in [-0.2, -0.15) is 0 Å². The molecule has 2 rings (SSSR count). The molecule has 1 aromatic rings. The maximum atomic E-state index is 12.2. The number of nitrogens with zero attached hydrogens (tertiary/aromatic N) is 2. The SMILES string of the molecule is CCOC(=O)C(C)(CC1CC(c2ccc(Br)cn2)=NO1)S(C)(=O)=O. The Bertz CT molecular complexity index is 748. The second kappa shape index (κ2) is 7.18. The third-order valence-electron chi connectivity index (χ3n) is 3.90. The molecule has 0 amide bonds.